The highest BCUT2D eigenvalue weighted by atomic mass is 16.5. The van der Waals surface area contributed by atoms with Gasteiger partial charge < -0.3 is 20.1 Å². The van der Waals surface area contributed by atoms with Crippen LogP contribution in [0.25, 0.3) is 0 Å². The van der Waals surface area contributed by atoms with Gasteiger partial charge in [0.2, 0.25) is 5.91 Å². The van der Waals surface area contributed by atoms with Crippen molar-refractivity contribution in [1.82, 2.24) is 15.1 Å². The van der Waals surface area contributed by atoms with Gasteiger partial charge in [-0.15, -0.1) is 0 Å². The zero-order valence-corrected chi connectivity index (χ0v) is 16.4. The van der Waals surface area contributed by atoms with Crippen LogP contribution in [0.4, 0.5) is 0 Å². The van der Waals surface area contributed by atoms with Gasteiger partial charge >= 0.3 is 0 Å². The van der Waals surface area contributed by atoms with Crippen LogP contribution in [0.2, 0.25) is 0 Å². The van der Waals surface area contributed by atoms with Crippen molar-refractivity contribution < 1.29 is 19.4 Å². The van der Waals surface area contributed by atoms with E-state index in [-0.39, 0.29) is 17.7 Å². The summed E-state index contributed by atoms with van der Waals surface area (Å²) < 4.78 is 5.17. The highest BCUT2D eigenvalue weighted by Crippen LogP contribution is 2.41. The zero-order valence-electron chi connectivity index (χ0n) is 16.4. The quantitative estimate of drug-likeness (QED) is 0.695. The molecule has 28 heavy (non-hydrogen) atoms. The van der Waals surface area contributed by atoms with E-state index in [2.05, 4.69) is 15.2 Å². The molecular formula is C20H26N4O4. The maximum atomic E-state index is 13.0. The smallest absolute Gasteiger partial charge is 0.252 e. The summed E-state index contributed by atoms with van der Waals surface area (Å²) in [6.45, 7) is 3.45. The minimum absolute atomic E-state index is 0.00946. The predicted octanol–water partition coefficient (Wildman–Crippen LogP) is 0.00560. The first-order chi connectivity index (χ1) is 13.3. The highest BCUT2D eigenvalue weighted by molar-refractivity contribution is 6.07. The SMILES string of the molecule is COc1ccc(CN2CC3(CC(C4=NC(C(C)O)C(=O)N4)CN3C)C2=O)cc1. The molecular weight excluding hydrogens is 360 g/mol. The summed E-state index contributed by atoms with van der Waals surface area (Å²) in [5.74, 6) is 1.23. The number of β-lactam (4-membered cyclic amide) rings is 1. The summed E-state index contributed by atoms with van der Waals surface area (Å²) in [6.07, 6.45) is -0.191. The third-order valence-corrected chi connectivity index (χ3v) is 6.12. The van der Waals surface area contributed by atoms with E-state index in [0.717, 1.165) is 11.3 Å². The number of aliphatic hydroxyl groups is 1. The minimum Gasteiger partial charge on any atom is -0.497 e. The fourth-order valence-electron chi connectivity index (χ4n) is 4.46. The number of aliphatic imine (C=N–C) groups is 1. The van der Waals surface area contributed by atoms with E-state index < -0.39 is 17.7 Å². The monoisotopic (exact) mass is 386 g/mol. The lowest BCUT2D eigenvalue weighted by atomic mass is 9.83. The molecule has 8 heteroatoms. The van der Waals surface area contributed by atoms with Crippen LogP contribution in [0.5, 0.6) is 5.75 Å². The number of benzene rings is 1. The number of amidine groups is 1. The Morgan fingerprint density at radius 3 is 2.64 bits per heavy atom. The normalized spacial score (nSPS) is 31.0. The maximum absolute atomic E-state index is 13.0. The third-order valence-electron chi connectivity index (χ3n) is 6.12. The summed E-state index contributed by atoms with van der Waals surface area (Å²) >= 11 is 0. The molecule has 4 unspecified atom stereocenters. The van der Waals surface area contributed by atoms with Crippen LogP contribution in [0.1, 0.15) is 18.9 Å². The number of amides is 2. The van der Waals surface area contributed by atoms with E-state index in [1.54, 1.807) is 14.0 Å². The Balaban J connectivity index is 1.42. The average Bonchev–Trinajstić information content (AvgIpc) is 3.23. The molecule has 4 atom stereocenters. The number of nitrogens with zero attached hydrogens (tertiary/aromatic N) is 3. The van der Waals surface area contributed by atoms with Crippen LogP contribution < -0.4 is 10.1 Å². The van der Waals surface area contributed by atoms with Gasteiger partial charge in [0.1, 0.15) is 17.1 Å². The predicted molar refractivity (Wildman–Crippen MR) is 103 cm³/mol. The summed E-state index contributed by atoms with van der Waals surface area (Å²) in [5, 5.41) is 12.5. The van der Waals surface area contributed by atoms with E-state index in [9.17, 15) is 14.7 Å². The van der Waals surface area contributed by atoms with Crippen molar-refractivity contribution in [2.45, 2.75) is 37.6 Å². The van der Waals surface area contributed by atoms with Crippen molar-refractivity contribution in [3.63, 3.8) is 0 Å². The molecule has 3 aliphatic heterocycles. The number of aliphatic hydroxyl groups excluding tert-OH is 1. The molecule has 0 bridgehead atoms. The topological polar surface area (TPSA) is 94.5 Å². The first kappa shape index (κ1) is 18.9. The second-order valence-electron chi connectivity index (χ2n) is 8.01. The number of likely N-dealkylation sites (N-methyl/N-ethyl adjacent to an activating group) is 1. The van der Waals surface area contributed by atoms with Gasteiger partial charge in [0.25, 0.3) is 5.91 Å². The number of methoxy groups -OCH3 is 1. The van der Waals surface area contributed by atoms with Crippen LogP contribution in [-0.4, -0.2) is 77.5 Å². The number of carbonyl (C=O) groups excluding carboxylic acids is 2. The van der Waals surface area contributed by atoms with Gasteiger partial charge in [-0.25, -0.2) is 0 Å². The van der Waals surface area contributed by atoms with Crippen molar-refractivity contribution in [2.75, 3.05) is 27.2 Å². The van der Waals surface area contributed by atoms with Crippen LogP contribution in [-0.2, 0) is 16.1 Å². The Morgan fingerprint density at radius 2 is 2.07 bits per heavy atom. The number of likely N-dealkylation sites (tertiary alicyclic amines) is 2. The van der Waals surface area contributed by atoms with E-state index in [4.69, 9.17) is 4.74 Å². The van der Waals surface area contributed by atoms with Gasteiger partial charge in [-0.1, -0.05) is 12.1 Å². The molecule has 2 fully saturated rings. The summed E-state index contributed by atoms with van der Waals surface area (Å²) in [6, 6.07) is 6.98. The largest absolute Gasteiger partial charge is 0.497 e. The van der Waals surface area contributed by atoms with Gasteiger partial charge in [-0.05, 0) is 38.1 Å². The van der Waals surface area contributed by atoms with Crippen molar-refractivity contribution in [3.05, 3.63) is 29.8 Å². The molecule has 3 heterocycles. The number of hydrogen-bond acceptors (Lipinski definition) is 6. The average molecular weight is 386 g/mol. The van der Waals surface area contributed by atoms with Gasteiger partial charge in [0.05, 0.1) is 13.2 Å². The van der Waals surface area contributed by atoms with Gasteiger partial charge in [0, 0.05) is 25.6 Å². The number of rotatable bonds is 5. The van der Waals surface area contributed by atoms with E-state index in [1.165, 1.54) is 0 Å². The van der Waals surface area contributed by atoms with Gasteiger partial charge in [-0.3, -0.25) is 19.5 Å². The Kier molecular flexibility index (Phi) is 4.63. The molecule has 2 N–H and O–H groups in total. The number of nitrogens with one attached hydrogen (secondary N) is 1. The Bertz CT molecular complexity index is 822. The summed E-state index contributed by atoms with van der Waals surface area (Å²) in [4.78, 5) is 33.3. The van der Waals surface area contributed by atoms with Crippen molar-refractivity contribution >= 4 is 17.6 Å². The van der Waals surface area contributed by atoms with Gasteiger partial charge in [0.15, 0.2) is 6.04 Å². The molecule has 3 aliphatic rings. The molecule has 1 aromatic carbocycles. The zero-order chi connectivity index (χ0) is 20.1. The third kappa shape index (κ3) is 2.97. The van der Waals surface area contributed by atoms with Crippen LogP contribution in [0.15, 0.2) is 29.3 Å². The first-order valence-electron chi connectivity index (χ1n) is 9.54. The van der Waals surface area contributed by atoms with Crippen molar-refractivity contribution in [3.8, 4) is 5.75 Å². The number of hydrogen-bond donors (Lipinski definition) is 2. The molecule has 0 aromatic heterocycles. The lowest BCUT2D eigenvalue weighted by Crippen LogP contribution is -2.70. The summed E-state index contributed by atoms with van der Waals surface area (Å²) in [5.41, 5.74) is 0.543. The lowest BCUT2D eigenvalue weighted by Gasteiger charge is -2.50. The second-order valence-corrected chi connectivity index (χ2v) is 8.01. The Morgan fingerprint density at radius 1 is 1.36 bits per heavy atom. The van der Waals surface area contributed by atoms with E-state index in [1.807, 2.05) is 36.2 Å². The number of ether oxygens (including phenoxy) is 1. The van der Waals surface area contributed by atoms with E-state index in [0.29, 0.717) is 31.9 Å². The van der Waals surface area contributed by atoms with Crippen LogP contribution in [0, 0.1) is 5.92 Å². The minimum atomic E-state index is -0.823. The van der Waals surface area contributed by atoms with Crippen molar-refractivity contribution in [2.24, 2.45) is 10.9 Å². The molecule has 0 radical (unpaired) electrons. The van der Waals surface area contributed by atoms with Crippen LogP contribution >= 0.6 is 0 Å². The standard InChI is InChI=1S/C20H26N4O4/c1-12(25)16-18(26)22-17(21-16)14-8-20(23(2)10-14)11-24(19(20)27)9-13-4-6-15(28-3)7-5-13/h4-7,12,14,16,25H,8-11H2,1-3H3,(H,21,22,26). The fraction of sp³-hybridized carbons (Fsp3) is 0.550. The molecule has 8 nitrogen and oxygen atoms in total. The lowest BCUT2D eigenvalue weighted by molar-refractivity contribution is -0.161. The van der Waals surface area contributed by atoms with Gasteiger partial charge in [-0.2, -0.15) is 0 Å². The summed E-state index contributed by atoms with van der Waals surface area (Å²) in [7, 11) is 3.58. The van der Waals surface area contributed by atoms with Crippen LogP contribution in [0.3, 0.4) is 0 Å². The number of carbonyl (C=O) groups is 2. The molecule has 2 amide bonds. The molecule has 2 saturated heterocycles. The Hall–Kier alpha value is -2.45. The first-order valence-corrected chi connectivity index (χ1v) is 9.54. The van der Waals surface area contributed by atoms with Crippen molar-refractivity contribution in [1.29, 1.82) is 0 Å². The second kappa shape index (κ2) is 6.86. The highest BCUT2D eigenvalue weighted by Gasteiger charge is 2.60. The van der Waals surface area contributed by atoms with E-state index >= 15 is 0 Å². The maximum Gasteiger partial charge on any atom is 0.252 e. The molecule has 150 valence electrons. The fourth-order valence-corrected chi connectivity index (χ4v) is 4.46. The molecule has 4 rings (SSSR count). The Labute approximate surface area is 164 Å². The molecule has 0 aliphatic carbocycles. The molecule has 0 saturated carbocycles. The molecule has 1 spiro atoms. The molecule has 1 aromatic rings.